The molecule has 0 radical (unpaired) electrons. The number of carbonyl (C=O) groups is 1. The summed E-state index contributed by atoms with van der Waals surface area (Å²) in [6.45, 7) is 6.47. The second kappa shape index (κ2) is 7.15. The smallest absolute Gasteiger partial charge is 0.219 e. The lowest BCUT2D eigenvalue weighted by Gasteiger charge is -2.39. The quantitative estimate of drug-likeness (QED) is 0.845. The first-order chi connectivity index (χ1) is 12.6. The molecule has 2 aliphatic rings. The largest absolute Gasteiger partial charge is 0.343 e. The number of rotatable bonds is 3. The second-order valence-electron chi connectivity index (χ2n) is 7.28. The molecular formula is C19H26N6O. The van der Waals surface area contributed by atoms with E-state index < -0.39 is 0 Å². The van der Waals surface area contributed by atoms with Gasteiger partial charge >= 0.3 is 0 Å². The predicted octanol–water partition coefficient (Wildman–Crippen LogP) is 2.12. The highest BCUT2D eigenvalue weighted by atomic mass is 16.2. The molecule has 26 heavy (non-hydrogen) atoms. The number of aromatic nitrogens is 4. The minimum Gasteiger partial charge on any atom is -0.343 e. The Kier molecular flexibility index (Phi) is 4.72. The molecule has 2 aliphatic heterocycles. The van der Waals surface area contributed by atoms with E-state index in [9.17, 15) is 4.79 Å². The Morgan fingerprint density at radius 1 is 1.15 bits per heavy atom. The Hall–Kier alpha value is -2.28. The van der Waals surface area contributed by atoms with Crippen molar-refractivity contribution in [1.29, 1.82) is 0 Å². The maximum Gasteiger partial charge on any atom is 0.219 e. The summed E-state index contributed by atoms with van der Waals surface area (Å²) < 4.78 is 1.97. The zero-order valence-corrected chi connectivity index (χ0v) is 15.5. The normalized spacial score (nSPS) is 22.1. The molecule has 2 aromatic rings. The van der Waals surface area contributed by atoms with Gasteiger partial charge in [-0.2, -0.15) is 0 Å². The third-order valence-electron chi connectivity index (χ3n) is 5.73. The topological polar surface area (TPSA) is 67.2 Å². The summed E-state index contributed by atoms with van der Waals surface area (Å²) in [4.78, 5) is 29.8. The molecule has 138 valence electrons. The molecule has 7 nitrogen and oxygen atoms in total. The summed E-state index contributed by atoms with van der Waals surface area (Å²) in [6.07, 6.45) is 11.8. The Balaban J connectivity index is 1.52. The van der Waals surface area contributed by atoms with Gasteiger partial charge < -0.3 is 4.90 Å². The molecule has 2 aromatic heterocycles. The van der Waals surface area contributed by atoms with Crippen LogP contribution in [0.2, 0.25) is 0 Å². The number of amides is 1. The van der Waals surface area contributed by atoms with E-state index in [1.165, 1.54) is 6.42 Å². The Morgan fingerprint density at radius 2 is 1.96 bits per heavy atom. The molecule has 1 atom stereocenters. The Bertz CT molecular complexity index is 780. The van der Waals surface area contributed by atoms with Gasteiger partial charge in [-0.1, -0.05) is 0 Å². The molecule has 0 aromatic carbocycles. The van der Waals surface area contributed by atoms with E-state index >= 15 is 0 Å². The fourth-order valence-corrected chi connectivity index (χ4v) is 4.32. The first-order valence-electron chi connectivity index (χ1n) is 9.47. The van der Waals surface area contributed by atoms with Crippen molar-refractivity contribution in [2.45, 2.75) is 51.6 Å². The van der Waals surface area contributed by atoms with Gasteiger partial charge in [0, 0.05) is 38.4 Å². The standard InChI is InChI=1S/C19H26N6O/c1-14-21-7-11-24(14)19-13-20-12-17(22-19)18-4-3-8-25(18)16-5-9-23(10-6-16)15(2)26/h7,11-13,16,18H,3-6,8-10H2,1-2H3/t18-/m1/s1. The highest BCUT2D eigenvalue weighted by Crippen LogP contribution is 2.35. The van der Waals surface area contributed by atoms with Gasteiger partial charge in [0.2, 0.25) is 5.91 Å². The van der Waals surface area contributed by atoms with Gasteiger partial charge in [-0.05, 0) is 39.2 Å². The fourth-order valence-electron chi connectivity index (χ4n) is 4.32. The highest BCUT2D eigenvalue weighted by molar-refractivity contribution is 5.73. The SMILES string of the molecule is CC(=O)N1CCC(N2CCC[C@@H]2c2cncc(-n3ccnc3C)n2)CC1. The molecule has 2 fully saturated rings. The summed E-state index contributed by atoms with van der Waals surface area (Å²) in [5.74, 6) is 1.93. The minimum absolute atomic E-state index is 0.190. The van der Waals surface area contributed by atoms with Crippen molar-refractivity contribution in [2.24, 2.45) is 0 Å². The summed E-state index contributed by atoms with van der Waals surface area (Å²) in [5, 5.41) is 0. The molecule has 0 saturated carbocycles. The van der Waals surface area contributed by atoms with Gasteiger partial charge in [-0.15, -0.1) is 0 Å². The third kappa shape index (κ3) is 3.23. The van der Waals surface area contributed by atoms with Crippen LogP contribution in [0, 0.1) is 6.92 Å². The van der Waals surface area contributed by atoms with Gasteiger partial charge in [-0.25, -0.2) is 9.97 Å². The van der Waals surface area contributed by atoms with E-state index in [-0.39, 0.29) is 5.91 Å². The summed E-state index contributed by atoms with van der Waals surface area (Å²) >= 11 is 0. The van der Waals surface area contributed by atoms with Crippen LogP contribution in [-0.4, -0.2) is 60.9 Å². The summed E-state index contributed by atoms with van der Waals surface area (Å²) in [7, 11) is 0. The number of hydrogen-bond donors (Lipinski definition) is 0. The number of piperidine rings is 1. The number of likely N-dealkylation sites (tertiary alicyclic amines) is 2. The van der Waals surface area contributed by atoms with Crippen LogP contribution in [0.4, 0.5) is 0 Å². The second-order valence-corrected chi connectivity index (χ2v) is 7.28. The first-order valence-corrected chi connectivity index (χ1v) is 9.47. The molecular weight excluding hydrogens is 328 g/mol. The van der Waals surface area contributed by atoms with Crippen LogP contribution in [0.1, 0.15) is 50.2 Å². The summed E-state index contributed by atoms with van der Waals surface area (Å²) in [6, 6.07) is 0.846. The number of hydrogen-bond acceptors (Lipinski definition) is 5. The van der Waals surface area contributed by atoms with Gasteiger partial charge in [0.25, 0.3) is 0 Å². The van der Waals surface area contributed by atoms with E-state index in [0.29, 0.717) is 12.1 Å². The summed E-state index contributed by atoms with van der Waals surface area (Å²) in [5.41, 5.74) is 1.04. The first kappa shape index (κ1) is 17.1. The van der Waals surface area contributed by atoms with Gasteiger partial charge in [-0.3, -0.25) is 19.2 Å². The fraction of sp³-hybridized carbons (Fsp3) is 0.579. The zero-order chi connectivity index (χ0) is 18.1. The lowest BCUT2D eigenvalue weighted by molar-refractivity contribution is -0.130. The lowest BCUT2D eigenvalue weighted by Crippen LogP contribution is -2.46. The molecule has 7 heteroatoms. The number of nitrogens with zero attached hydrogens (tertiary/aromatic N) is 6. The van der Waals surface area contributed by atoms with Gasteiger partial charge in [0.15, 0.2) is 5.82 Å². The van der Waals surface area contributed by atoms with Crippen LogP contribution < -0.4 is 0 Å². The highest BCUT2D eigenvalue weighted by Gasteiger charge is 2.35. The average Bonchev–Trinajstić information content (AvgIpc) is 3.31. The van der Waals surface area contributed by atoms with Crippen molar-refractivity contribution < 1.29 is 4.79 Å². The van der Waals surface area contributed by atoms with E-state index in [1.54, 1.807) is 19.3 Å². The monoisotopic (exact) mass is 354 g/mol. The molecule has 0 unspecified atom stereocenters. The van der Waals surface area contributed by atoms with Crippen LogP contribution in [-0.2, 0) is 4.79 Å². The predicted molar refractivity (Wildman–Crippen MR) is 97.8 cm³/mol. The van der Waals surface area contributed by atoms with Crippen molar-refractivity contribution in [3.63, 3.8) is 0 Å². The molecule has 0 spiro atoms. The van der Waals surface area contributed by atoms with E-state index in [1.807, 2.05) is 28.8 Å². The molecule has 1 amide bonds. The van der Waals surface area contributed by atoms with Gasteiger partial charge in [0.05, 0.1) is 24.1 Å². The third-order valence-corrected chi connectivity index (χ3v) is 5.73. The number of aryl methyl sites for hydroxylation is 1. The molecule has 0 aliphatic carbocycles. The maximum absolute atomic E-state index is 11.6. The molecule has 0 N–H and O–H groups in total. The van der Waals surface area contributed by atoms with Gasteiger partial charge in [0.1, 0.15) is 5.82 Å². The van der Waals surface area contributed by atoms with Crippen LogP contribution in [0.15, 0.2) is 24.8 Å². The molecule has 4 rings (SSSR count). The van der Waals surface area contributed by atoms with Crippen LogP contribution in [0.5, 0.6) is 0 Å². The average molecular weight is 354 g/mol. The van der Waals surface area contributed by atoms with Crippen molar-refractivity contribution in [2.75, 3.05) is 19.6 Å². The van der Waals surface area contributed by atoms with Crippen molar-refractivity contribution in [3.8, 4) is 5.82 Å². The lowest BCUT2D eigenvalue weighted by atomic mass is 10.0. The maximum atomic E-state index is 11.6. The van der Waals surface area contributed by atoms with E-state index in [2.05, 4.69) is 14.9 Å². The zero-order valence-electron chi connectivity index (χ0n) is 15.5. The van der Waals surface area contributed by atoms with Crippen LogP contribution >= 0.6 is 0 Å². The minimum atomic E-state index is 0.190. The number of imidazole rings is 1. The van der Waals surface area contributed by atoms with Crippen molar-refractivity contribution in [1.82, 2.24) is 29.3 Å². The van der Waals surface area contributed by atoms with Crippen LogP contribution in [0.3, 0.4) is 0 Å². The van der Waals surface area contributed by atoms with Crippen molar-refractivity contribution >= 4 is 5.91 Å². The molecule has 2 saturated heterocycles. The van der Waals surface area contributed by atoms with E-state index in [0.717, 1.165) is 56.2 Å². The Morgan fingerprint density at radius 3 is 2.65 bits per heavy atom. The van der Waals surface area contributed by atoms with Crippen molar-refractivity contribution in [3.05, 3.63) is 36.3 Å². The number of carbonyl (C=O) groups excluding carboxylic acids is 1. The molecule has 0 bridgehead atoms. The molecule has 4 heterocycles. The Labute approximate surface area is 154 Å². The van der Waals surface area contributed by atoms with E-state index in [4.69, 9.17) is 4.98 Å². The van der Waals surface area contributed by atoms with Crippen LogP contribution in [0.25, 0.3) is 5.82 Å².